The zero-order valence-electron chi connectivity index (χ0n) is 7.73. The van der Waals surface area contributed by atoms with Gasteiger partial charge in [0, 0.05) is 10.2 Å². The van der Waals surface area contributed by atoms with Gasteiger partial charge < -0.3 is 1.43 Å². The second kappa shape index (κ2) is 3.20. The van der Waals surface area contributed by atoms with Gasteiger partial charge >= 0.3 is 29.6 Å². The summed E-state index contributed by atoms with van der Waals surface area (Å²) in [6.07, 6.45) is 6.64. The molecule has 9 heavy (non-hydrogen) atoms. The van der Waals surface area contributed by atoms with Crippen LogP contribution in [0.5, 0.6) is 0 Å². The van der Waals surface area contributed by atoms with E-state index >= 15 is 0 Å². The van der Waals surface area contributed by atoms with Crippen LogP contribution in [-0.2, 0) is 0 Å². The van der Waals surface area contributed by atoms with Crippen molar-refractivity contribution >= 4 is 10.2 Å². The van der Waals surface area contributed by atoms with E-state index in [1.807, 2.05) is 0 Å². The van der Waals surface area contributed by atoms with Gasteiger partial charge in [0.05, 0.1) is 0 Å². The van der Waals surface area contributed by atoms with Crippen LogP contribution in [0, 0.1) is 0 Å². The Balaban J connectivity index is 0. The van der Waals surface area contributed by atoms with Gasteiger partial charge in [-0.2, -0.15) is 0 Å². The molecule has 0 saturated carbocycles. The fourth-order valence-electron chi connectivity index (χ4n) is 0.779. The Bertz CT molecular complexity index is 161. The average molecular weight is 148 g/mol. The van der Waals surface area contributed by atoms with Gasteiger partial charge in [-0.05, 0) is 12.0 Å². The summed E-state index contributed by atoms with van der Waals surface area (Å²) in [6.45, 7) is 4.49. The molecule has 0 N–H and O–H groups in total. The summed E-state index contributed by atoms with van der Waals surface area (Å²) in [5.41, 5.74) is 1.52. The summed E-state index contributed by atoms with van der Waals surface area (Å²) < 4.78 is 0. The third kappa shape index (κ3) is 2.08. The molecule has 0 radical (unpaired) electrons. The van der Waals surface area contributed by atoms with Gasteiger partial charge in [0.25, 0.3) is 0 Å². The minimum absolute atomic E-state index is 0. The Morgan fingerprint density at radius 1 is 1.67 bits per heavy atom. The van der Waals surface area contributed by atoms with Crippen molar-refractivity contribution in [1.29, 1.82) is 0 Å². The molecule has 0 amide bonds. The molecule has 0 bridgehead atoms. The molecule has 0 saturated heterocycles. The minimum atomic E-state index is 0. The molecule has 0 fully saturated rings. The molecule has 1 unspecified atom stereocenters. The normalized spacial score (nSPS) is 32.0. The molecule has 1 rings (SSSR count). The van der Waals surface area contributed by atoms with E-state index in [9.17, 15) is 0 Å². The van der Waals surface area contributed by atoms with Crippen LogP contribution >= 0.6 is 0 Å². The van der Waals surface area contributed by atoms with Gasteiger partial charge in [0.15, 0.2) is 0 Å². The Labute approximate surface area is 83.6 Å². The first kappa shape index (κ1) is 9.70. The van der Waals surface area contributed by atoms with Gasteiger partial charge in [0.2, 0.25) is 0 Å². The third-order valence-electron chi connectivity index (χ3n) is 1.88. The molecule has 0 aromatic rings. The SMILES string of the molecule is CC1=CC=CC1(C)[SiH3].[H-].[Na+]. The maximum atomic E-state index is 2.29. The number of hydrogen-bond acceptors (Lipinski definition) is 0. The quantitative estimate of drug-likeness (QED) is 0.354. The molecule has 1 atom stereocenters. The zero-order chi connectivity index (χ0) is 6.20. The van der Waals surface area contributed by atoms with E-state index in [1.165, 1.54) is 15.8 Å². The molecule has 0 aromatic carbocycles. The van der Waals surface area contributed by atoms with E-state index < -0.39 is 0 Å². The van der Waals surface area contributed by atoms with E-state index in [4.69, 9.17) is 0 Å². The van der Waals surface area contributed by atoms with E-state index in [0.717, 1.165) is 0 Å². The molecule has 1 aliphatic rings. The first-order valence-corrected chi connectivity index (χ1v) is 3.99. The van der Waals surface area contributed by atoms with Crippen molar-refractivity contribution in [3.05, 3.63) is 23.8 Å². The summed E-state index contributed by atoms with van der Waals surface area (Å²) in [5, 5.41) is 0.472. The van der Waals surface area contributed by atoms with Crippen LogP contribution in [0.4, 0.5) is 0 Å². The van der Waals surface area contributed by atoms with E-state index in [0.29, 0.717) is 5.04 Å². The first-order valence-electron chi connectivity index (χ1n) is 2.99. The number of allylic oxidation sites excluding steroid dienone is 4. The summed E-state index contributed by atoms with van der Waals surface area (Å²) in [6, 6.07) is 0. The molecule has 0 aliphatic heterocycles. The fraction of sp³-hybridized carbons (Fsp3) is 0.429. The van der Waals surface area contributed by atoms with Crippen molar-refractivity contribution in [2.45, 2.75) is 18.9 Å². The van der Waals surface area contributed by atoms with Crippen LogP contribution < -0.4 is 29.6 Å². The Morgan fingerprint density at radius 2 is 2.22 bits per heavy atom. The van der Waals surface area contributed by atoms with Crippen LogP contribution in [0.3, 0.4) is 0 Å². The van der Waals surface area contributed by atoms with Crippen molar-refractivity contribution < 1.29 is 31.0 Å². The Kier molecular flexibility index (Phi) is 3.44. The van der Waals surface area contributed by atoms with E-state index in [-0.39, 0.29) is 31.0 Å². The number of hydrogen-bond donors (Lipinski definition) is 0. The third-order valence-corrected chi connectivity index (χ3v) is 3.00. The largest absolute Gasteiger partial charge is 1.00 e. The zero-order valence-corrected chi connectivity index (χ0v) is 10.7. The van der Waals surface area contributed by atoms with E-state index in [2.05, 4.69) is 32.1 Å². The van der Waals surface area contributed by atoms with Gasteiger partial charge in [-0.25, -0.2) is 0 Å². The van der Waals surface area contributed by atoms with Crippen LogP contribution in [-0.4, -0.2) is 10.2 Å². The molecule has 1 aliphatic carbocycles. The van der Waals surface area contributed by atoms with Crippen LogP contribution in [0.1, 0.15) is 15.3 Å². The standard InChI is InChI=1S/C7H12Si.Na.H/c1-6-4-3-5-7(6,2)8;;/h3-5H,1-2,8H3;;/q;+1;-1. The summed E-state index contributed by atoms with van der Waals surface area (Å²) in [7, 11) is 1.24. The summed E-state index contributed by atoms with van der Waals surface area (Å²) in [4.78, 5) is 0. The van der Waals surface area contributed by atoms with Crippen molar-refractivity contribution in [2.75, 3.05) is 0 Å². The average Bonchev–Trinajstić information content (AvgIpc) is 1.86. The predicted octanol–water partition coefficient (Wildman–Crippen LogP) is -1.84. The minimum Gasteiger partial charge on any atom is -1.00 e. The maximum Gasteiger partial charge on any atom is 1.00 e. The Hall–Kier alpha value is 0.697. The van der Waals surface area contributed by atoms with Crippen molar-refractivity contribution in [2.24, 2.45) is 0 Å². The first-order chi connectivity index (χ1) is 3.63. The topological polar surface area (TPSA) is 0 Å². The predicted molar refractivity (Wildman–Crippen MR) is 42.3 cm³/mol. The molecule has 0 spiro atoms. The smallest absolute Gasteiger partial charge is 1.00 e. The van der Waals surface area contributed by atoms with Crippen LogP contribution in [0.25, 0.3) is 0 Å². The second-order valence-electron chi connectivity index (χ2n) is 2.93. The van der Waals surface area contributed by atoms with Gasteiger partial charge in [0.1, 0.15) is 0 Å². The molecule has 46 valence electrons. The van der Waals surface area contributed by atoms with Crippen molar-refractivity contribution in [3.63, 3.8) is 0 Å². The molecule has 2 heteroatoms. The monoisotopic (exact) mass is 148 g/mol. The summed E-state index contributed by atoms with van der Waals surface area (Å²) >= 11 is 0. The molecule has 0 heterocycles. The molecular weight excluding hydrogens is 135 g/mol. The molecular formula is C7H13NaSi. The second-order valence-corrected chi connectivity index (χ2v) is 5.01. The van der Waals surface area contributed by atoms with Crippen LogP contribution in [0.2, 0.25) is 5.04 Å². The van der Waals surface area contributed by atoms with Crippen molar-refractivity contribution in [1.82, 2.24) is 0 Å². The molecule has 0 nitrogen and oxygen atoms in total. The summed E-state index contributed by atoms with van der Waals surface area (Å²) in [5.74, 6) is 0. The van der Waals surface area contributed by atoms with Gasteiger partial charge in [-0.1, -0.05) is 30.7 Å². The van der Waals surface area contributed by atoms with Gasteiger partial charge in [-0.3, -0.25) is 0 Å². The maximum absolute atomic E-state index is 2.29. The van der Waals surface area contributed by atoms with E-state index in [1.54, 1.807) is 0 Å². The van der Waals surface area contributed by atoms with Gasteiger partial charge in [-0.15, -0.1) is 0 Å². The van der Waals surface area contributed by atoms with Crippen LogP contribution in [0.15, 0.2) is 23.8 Å². The Morgan fingerprint density at radius 3 is 2.33 bits per heavy atom. The van der Waals surface area contributed by atoms with Crippen molar-refractivity contribution in [3.8, 4) is 0 Å². The fourth-order valence-corrected chi connectivity index (χ4v) is 1.14. The molecule has 0 aromatic heterocycles. The number of rotatable bonds is 0.